The lowest BCUT2D eigenvalue weighted by atomic mass is 10.0. The summed E-state index contributed by atoms with van der Waals surface area (Å²) in [5.74, 6) is -1.47. The molecule has 7 heteroatoms. The lowest BCUT2D eigenvalue weighted by Gasteiger charge is -2.12. The number of H-pyrrole nitrogens is 1. The van der Waals surface area contributed by atoms with Crippen molar-refractivity contribution in [1.29, 1.82) is 0 Å². The van der Waals surface area contributed by atoms with E-state index in [1.54, 1.807) is 0 Å². The Bertz CT molecular complexity index is 798. The number of rotatable bonds is 3. The molecule has 1 aromatic carbocycles. The SMILES string of the molecule is O=C(Nc1c[nH]ccc1=O)C1CC1c1ccccc1C(F)(F)F. The Morgan fingerprint density at radius 2 is 1.96 bits per heavy atom. The van der Waals surface area contributed by atoms with Gasteiger partial charge >= 0.3 is 6.18 Å². The fourth-order valence-electron chi connectivity index (χ4n) is 2.65. The van der Waals surface area contributed by atoms with Crippen molar-refractivity contribution >= 4 is 11.6 Å². The van der Waals surface area contributed by atoms with Gasteiger partial charge in [0.1, 0.15) is 5.69 Å². The molecule has 1 fully saturated rings. The molecule has 3 rings (SSSR count). The first-order chi connectivity index (χ1) is 10.9. The summed E-state index contributed by atoms with van der Waals surface area (Å²) in [5, 5.41) is 2.47. The number of aromatic nitrogens is 1. The lowest BCUT2D eigenvalue weighted by molar-refractivity contribution is -0.138. The van der Waals surface area contributed by atoms with Crippen LogP contribution in [0.4, 0.5) is 18.9 Å². The number of anilines is 1. The second-order valence-electron chi connectivity index (χ2n) is 5.45. The Labute approximate surface area is 129 Å². The van der Waals surface area contributed by atoms with E-state index in [-0.39, 0.29) is 16.7 Å². The number of carbonyl (C=O) groups is 1. The van der Waals surface area contributed by atoms with E-state index < -0.39 is 29.5 Å². The average Bonchev–Trinajstić information content (AvgIpc) is 3.29. The van der Waals surface area contributed by atoms with E-state index in [1.807, 2.05) is 0 Å². The third kappa shape index (κ3) is 3.13. The van der Waals surface area contributed by atoms with Crippen LogP contribution in [-0.2, 0) is 11.0 Å². The van der Waals surface area contributed by atoms with Crippen molar-refractivity contribution in [2.75, 3.05) is 5.32 Å². The van der Waals surface area contributed by atoms with E-state index in [9.17, 15) is 22.8 Å². The van der Waals surface area contributed by atoms with Gasteiger partial charge in [-0.15, -0.1) is 0 Å². The Morgan fingerprint density at radius 3 is 2.65 bits per heavy atom. The zero-order valence-corrected chi connectivity index (χ0v) is 11.9. The van der Waals surface area contributed by atoms with Crippen molar-refractivity contribution in [2.24, 2.45) is 5.92 Å². The number of amides is 1. The molecule has 1 saturated carbocycles. The number of halogens is 3. The van der Waals surface area contributed by atoms with Crippen LogP contribution < -0.4 is 10.7 Å². The number of hydrogen-bond donors (Lipinski definition) is 2. The predicted molar refractivity (Wildman–Crippen MR) is 78.0 cm³/mol. The van der Waals surface area contributed by atoms with Crippen molar-refractivity contribution in [1.82, 2.24) is 4.98 Å². The number of hydrogen-bond acceptors (Lipinski definition) is 2. The molecule has 1 aliphatic carbocycles. The highest BCUT2D eigenvalue weighted by molar-refractivity contribution is 5.95. The molecule has 1 aromatic heterocycles. The Kier molecular flexibility index (Phi) is 3.71. The van der Waals surface area contributed by atoms with E-state index >= 15 is 0 Å². The van der Waals surface area contributed by atoms with E-state index in [2.05, 4.69) is 10.3 Å². The topological polar surface area (TPSA) is 62.0 Å². The first-order valence-electron chi connectivity index (χ1n) is 7.02. The molecule has 120 valence electrons. The van der Waals surface area contributed by atoms with Crippen LogP contribution in [0.1, 0.15) is 23.5 Å². The van der Waals surface area contributed by atoms with Gasteiger partial charge in [-0.2, -0.15) is 13.2 Å². The molecule has 1 aliphatic rings. The molecule has 4 nitrogen and oxygen atoms in total. The molecule has 23 heavy (non-hydrogen) atoms. The van der Waals surface area contributed by atoms with E-state index in [0.29, 0.717) is 6.42 Å². The van der Waals surface area contributed by atoms with Crippen LogP contribution in [0, 0.1) is 5.92 Å². The highest BCUT2D eigenvalue weighted by atomic mass is 19.4. The number of aromatic amines is 1. The summed E-state index contributed by atoms with van der Waals surface area (Å²) in [6, 6.07) is 6.53. The van der Waals surface area contributed by atoms with Crippen molar-refractivity contribution in [3.8, 4) is 0 Å². The zero-order valence-electron chi connectivity index (χ0n) is 11.9. The minimum absolute atomic E-state index is 0.0901. The molecule has 0 radical (unpaired) electrons. The van der Waals surface area contributed by atoms with E-state index in [4.69, 9.17) is 0 Å². The van der Waals surface area contributed by atoms with Crippen LogP contribution in [0.5, 0.6) is 0 Å². The van der Waals surface area contributed by atoms with Gasteiger partial charge in [0.15, 0.2) is 0 Å². The minimum Gasteiger partial charge on any atom is -0.366 e. The maximum Gasteiger partial charge on any atom is 0.416 e. The van der Waals surface area contributed by atoms with E-state index in [0.717, 1.165) is 6.07 Å². The zero-order chi connectivity index (χ0) is 16.6. The lowest BCUT2D eigenvalue weighted by Crippen LogP contribution is -2.20. The summed E-state index contributed by atoms with van der Waals surface area (Å²) in [5.41, 5.74) is -0.850. The number of carbonyl (C=O) groups excluding carboxylic acids is 1. The first kappa shape index (κ1) is 15.3. The second-order valence-corrected chi connectivity index (χ2v) is 5.45. The van der Waals surface area contributed by atoms with Crippen LogP contribution in [0.2, 0.25) is 0 Å². The molecule has 0 aliphatic heterocycles. The van der Waals surface area contributed by atoms with Crippen LogP contribution >= 0.6 is 0 Å². The quantitative estimate of drug-likeness (QED) is 0.912. The number of nitrogens with one attached hydrogen (secondary N) is 2. The fourth-order valence-corrected chi connectivity index (χ4v) is 2.65. The van der Waals surface area contributed by atoms with Gasteiger partial charge in [-0.1, -0.05) is 18.2 Å². The Hall–Kier alpha value is -2.57. The summed E-state index contributed by atoms with van der Waals surface area (Å²) in [6.45, 7) is 0. The highest BCUT2D eigenvalue weighted by Crippen LogP contribution is 2.51. The molecular weight excluding hydrogens is 309 g/mol. The van der Waals surface area contributed by atoms with Gasteiger partial charge in [-0.25, -0.2) is 0 Å². The number of alkyl halides is 3. The average molecular weight is 322 g/mol. The first-order valence-corrected chi connectivity index (χ1v) is 7.02. The van der Waals surface area contributed by atoms with Crippen molar-refractivity contribution in [3.63, 3.8) is 0 Å². The molecule has 2 atom stereocenters. The normalized spacial score (nSPS) is 20.1. The molecule has 1 heterocycles. The van der Waals surface area contributed by atoms with Gasteiger partial charge in [0.2, 0.25) is 11.3 Å². The monoisotopic (exact) mass is 322 g/mol. The van der Waals surface area contributed by atoms with E-state index in [1.165, 1.54) is 36.7 Å². The third-order valence-electron chi connectivity index (χ3n) is 3.87. The third-order valence-corrected chi connectivity index (χ3v) is 3.87. The summed E-state index contributed by atoms with van der Waals surface area (Å²) < 4.78 is 39.1. The van der Waals surface area contributed by atoms with Gasteiger partial charge in [0.05, 0.1) is 5.56 Å². The molecule has 2 N–H and O–H groups in total. The van der Waals surface area contributed by atoms with Crippen molar-refractivity contribution in [2.45, 2.75) is 18.5 Å². The maximum atomic E-state index is 13.0. The van der Waals surface area contributed by atoms with Crippen molar-refractivity contribution < 1.29 is 18.0 Å². The second kappa shape index (κ2) is 5.57. The summed E-state index contributed by atoms with van der Waals surface area (Å²) in [4.78, 5) is 26.4. The highest BCUT2D eigenvalue weighted by Gasteiger charge is 2.47. The molecule has 0 bridgehead atoms. The smallest absolute Gasteiger partial charge is 0.366 e. The van der Waals surface area contributed by atoms with Crippen LogP contribution in [0.15, 0.2) is 47.5 Å². The van der Waals surface area contributed by atoms with Gasteiger partial charge < -0.3 is 10.3 Å². The standard InChI is InChI=1S/C16H13F3N2O2/c17-16(18,19)12-4-2-1-3-9(12)10-7-11(10)15(23)21-13-8-20-6-5-14(13)22/h1-6,8,10-11H,7H2,(H,20,22)(H,21,23). The largest absolute Gasteiger partial charge is 0.416 e. The van der Waals surface area contributed by atoms with Gasteiger partial charge in [0.25, 0.3) is 0 Å². The molecule has 2 aromatic rings. The fraction of sp³-hybridized carbons (Fsp3) is 0.250. The van der Waals surface area contributed by atoms with Crippen LogP contribution in [-0.4, -0.2) is 10.9 Å². The Morgan fingerprint density at radius 1 is 1.22 bits per heavy atom. The van der Waals surface area contributed by atoms with Gasteiger partial charge in [-0.05, 0) is 24.0 Å². The minimum atomic E-state index is -4.45. The maximum absolute atomic E-state index is 13.0. The summed E-state index contributed by atoms with van der Waals surface area (Å²) >= 11 is 0. The summed E-state index contributed by atoms with van der Waals surface area (Å²) in [6.07, 6.45) is -1.33. The van der Waals surface area contributed by atoms with Gasteiger partial charge in [0, 0.05) is 24.4 Å². The molecule has 0 spiro atoms. The predicted octanol–water partition coefficient (Wildman–Crippen LogP) is 3.14. The van der Waals surface area contributed by atoms with Crippen LogP contribution in [0.25, 0.3) is 0 Å². The van der Waals surface area contributed by atoms with Crippen molar-refractivity contribution in [3.05, 3.63) is 64.1 Å². The van der Waals surface area contributed by atoms with Crippen LogP contribution in [0.3, 0.4) is 0 Å². The molecular formula is C16H13F3N2O2. The summed E-state index contributed by atoms with van der Waals surface area (Å²) in [7, 11) is 0. The molecule has 2 unspecified atom stereocenters. The Balaban J connectivity index is 1.77. The molecule has 1 amide bonds. The molecule has 0 saturated heterocycles. The number of benzene rings is 1. The van der Waals surface area contributed by atoms with Gasteiger partial charge in [-0.3, -0.25) is 9.59 Å². The number of pyridine rings is 1.